The number of aryl methyl sites for hydroxylation is 3. The molecule has 6 nitrogen and oxygen atoms in total. The van der Waals surface area contributed by atoms with Crippen LogP contribution in [0.4, 0.5) is 0 Å². The van der Waals surface area contributed by atoms with E-state index in [-0.39, 0.29) is 11.8 Å². The Kier molecular flexibility index (Phi) is 6.03. The van der Waals surface area contributed by atoms with Crippen LogP contribution in [0.15, 0.2) is 67.1 Å². The SMILES string of the molecule is Cc1cnc(-c2cc(C)c(-c3cccc(COc4ccc(C5C[C@H]5C(=O)O)nc4)c3)c(C)c2)nc1. The van der Waals surface area contributed by atoms with E-state index in [0.717, 1.165) is 33.8 Å². The van der Waals surface area contributed by atoms with Crippen LogP contribution < -0.4 is 4.74 Å². The van der Waals surface area contributed by atoms with Gasteiger partial charge in [0.15, 0.2) is 5.82 Å². The van der Waals surface area contributed by atoms with Gasteiger partial charge in [-0.15, -0.1) is 0 Å². The fourth-order valence-electron chi connectivity index (χ4n) is 4.56. The standard InChI is InChI=1S/C29H27N3O3/c1-17-13-31-28(32-14-17)22-9-18(2)27(19(3)10-22)21-6-4-5-20(11-21)16-35-23-7-8-26(30-15-23)24-12-25(24)29(33)34/h4-11,13-15,24-25H,12,16H2,1-3H3,(H,33,34)/t24?,25-/m1/s1. The molecule has 0 bridgehead atoms. The molecule has 176 valence electrons. The van der Waals surface area contributed by atoms with E-state index in [1.165, 1.54) is 16.7 Å². The van der Waals surface area contributed by atoms with E-state index in [9.17, 15) is 4.79 Å². The predicted octanol–water partition coefficient (Wildman–Crippen LogP) is 5.90. The fraction of sp³-hybridized carbons (Fsp3) is 0.241. The van der Waals surface area contributed by atoms with Crippen molar-refractivity contribution in [3.63, 3.8) is 0 Å². The number of benzene rings is 2. The van der Waals surface area contributed by atoms with Crippen molar-refractivity contribution in [2.45, 2.75) is 39.7 Å². The van der Waals surface area contributed by atoms with Crippen molar-refractivity contribution >= 4 is 5.97 Å². The van der Waals surface area contributed by atoms with Crippen LogP contribution in [0, 0.1) is 26.7 Å². The first kappa shape index (κ1) is 22.7. The van der Waals surface area contributed by atoms with Crippen molar-refractivity contribution in [3.8, 4) is 28.3 Å². The van der Waals surface area contributed by atoms with E-state index < -0.39 is 5.97 Å². The van der Waals surface area contributed by atoms with Gasteiger partial charge in [-0.05, 0) is 90.9 Å². The number of ether oxygens (including phenoxy) is 1. The molecule has 2 aromatic heterocycles. The van der Waals surface area contributed by atoms with Crippen molar-refractivity contribution in [2.24, 2.45) is 5.92 Å². The molecule has 5 rings (SSSR count). The summed E-state index contributed by atoms with van der Waals surface area (Å²) >= 11 is 0. The highest BCUT2D eigenvalue weighted by Gasteiger charge is 2.45. The third-order valence-electron chi connectivity index (χ3n) is 6.44. The average molecular weight is 466 g/mol. The van der Waals surface area contributed by atoms with Gasteiger partial charge in [0, 0.05) is 29.6 Å². The summed E-state index contributed by atoms with van der Waals surface area (Å²) < 4.78 is 5.96. The number of nitrogens with zero attached hydrogens (tertiary/aromatic N) is 3. The Hall–Kier alpha value is -4.06. The average Bonchev–Trinajstić information content (AvgIpc) is 3.65. The molecule has 6 heteroatoms. The lowest BCUT2D eigenvalue weighted by Gasteiger charge is -2.14. The normalized spacial score (nSPS) is 16.7. The lowest BCUT2D eigenvalue weighted by molar-refractivity contribution is -0.138. The van der Waals surface area contributed by atoms with Gasteiger partial charge >= 0.3 is 5.97 Å². The molecule has 35 heavy (non-hydrogen) atoms. The van der Waals surface area contributed by atoms with E-state index in [0.29, 0.717) is 18.8 Å². The van der Waals surface area contributed by atoms with Gasteiger partial charge < -0.3 is 9.84 Å². The molecule has 2 atom stereocenters. The van der Waals surface area contributed by atoms with Crippen LogP contribution in [0.25, 0.3) is 22.5 Å². The number of hydrogen-bond acceptors (Lipinski definition) is 5. The maximum absolute atomic E-state index is 11.1. The molecule has 0 spiro atoms. The summed E-state index contributed by atoms with van der Waals surface area (Å²) in [5, 5.41) is 9.11. The molecule has 1 fully saturated rings. The molecule has 4 aromatic rings. The van der Waals surface area contributed by atoms with E-state index >= 15 is 0 Å². The lowest BCUT2D eigenvalue weighted by atomic mass is 9.92. The van der Waals surface area contributed by atoms with E-state index in [2.05, 4.69) is 53.1 Å². The van der Waals surface area contributed by atoms with Crippen LogP contribution in [0.5, 0.6) is 5.75 Å². The molecule has 0 aliphatic heterocycles. The second-order valence-corrected chi connectivity index (χ2v) is 9.26. The molecule has 1 aliphatic rings. The second kappa shape index (κ2) is 9.29. The topological polar surface area (TPSA) is 85.2 Å². The Morgan fingerprint density at radius 1 is 0.943 bits per heavy atom. The first-order valence-electron chi connectivity index (χ1n) is 11.7. The smallest absolute Gasteiger partial charge is 0.307 e. The number of carboxylic acid groups (broad SMARTS) is 1. The van der Waals surface area contributed by atoms with Gasteiger partial charge in [0.2, 0.25) is 0 Å². The maximum Gasteiger partial charge on any atom is 0.307 e. The summed E-state index contributed by atoms with van der Waals surface area (Å²) in [5.41, 5.74) is 8.61. The van der Waals surface area contributed by atoms with Gasteiger partial charge in [0.25, 0.3) is 0 Å². The quantitative estimate of drug-likeness (QED) is 0.366. The van der Waals surface area contributed by atoms with Gasteiger partial charge in [-0.25, -0.2) is 9.97 Å². The maximum atomic E-state index is 11.1. The molecular formula is C29H27N3O3. The minimum Gasteiger partial charge on any atom is -0.487 e. The fourth-order valence-corrected chi connectivity index (χ4v) is 4.56. The molecule has 0 saturated heterocycles. The molecule has 2 heterocycles. The Bertz CT molecular complexity index is 1360. The number of hydrogen-bond donors (Lipinski definition) is 1. The predicted molar refractivity (Wildman–Crippen MR) is 134 cm³/mol. The van der Waals surface area contributed by atoms with Crippen molar-refractivity contribution in [1.82, 2.24) is 15.0 Å². The molecule has 1 N–H and O–H groups in total. The Morgan fingerprint density at radius 3 is 2.31 bits per heavy atom. The first-order valence-corrected chi connectivity index (χ1v) is 11.7. The zero-order valence-electron chi connectivity index (χ0n) is 20.0. The highest BCUT2D eigenvalue weighted by Crippen LogP contribution is 2.46. The number of carbonyl (C=O) groups is 1. The summed E-state index contributed by atoms with van der Waals surface area (Å²) in [4.78, 5) is 24.4. The minimum atomic E-state index is -0.749. The molecule has 1 unspecified atom stereocenters. The van der Waals surface area contributed by atoms with E-state index in [1.807, 2.05) is 43.6 Å². The summed E-state index contributed by atoms with van der Waals surface area (Å²) in [7, 11) is 0. The van der Waals surface area contributed by atoms with Crippen LogP contribution >= 0.6 is 0 Å². The number of aromatic nitrogens is 3. The molecule has 1 aliphatic carbocycles. The van der Waals surface area contributed by atoms with Gasteiger partial charge in [-0.1, -0.05) is 18.2 Å². The third-order valence-corrected chi connectivity index (χ3v) is 6.44. The molecule has 2 aromatic carbocycles. The minimum absolute atomic E-state index is 0.0219. The first-order chi connectivity index (χ1) is 16.9. The van der Waals surface area contributed by atoms with Gasteiger partial charge in [0.1, 0.15) is 12.4 Å². The third kappa shape index (κ3) is 4.92. The van der Waals surface area contributed by atoms with Crippen molar-refractivity contribution < 1.29 is 14.6 Å². The Morgan fingerprint density at radius 2 is 1.69 bits per heavy atom. The molecular weight excluding hydrogens is 438 g/mol. The van der Waals surface area contributed by atoms with Gasteiger partial charge in [-0.2, -0.15) is 0 Å². The Labute approximate surface area is 204 Å². The summed E-state index contributed by atoms with van der Waals surface area (Å²) in [6.45, 7) is 6.63. The molecule has 1 saturated carbocycles. The van der Waals surface area contributed by atoms with Crippen LogP contribution in [0.3, 0.4) is 0 Å². The second-order valence-electron chi connectivity index (χ2n) is 9.26. The van der Waals surface area contributed by atoms with E-state index in [4.69, 9.17) is 9.84 Å². The summed E-state index contributed by atoms with van der Waals surface area (Å²) in [6, 6.07) is 16.4. The van der Waals surface area contributed by atoms with Crippen molar-refractivity contribution in [1.29, 1.82) is 0 Å². The zero-order valence-corrected chi connectivity index (χ0v) is 20.0. The van der Waals surface area contributed by atoms with Crippen LogP contribution in [0.1, 0.15) is 40.3 Å². The highest BCUT2D eigenvalue weighted by atomic mass is 16.5. The van der Waals surface area contributed by atoms with Gasteiger partial charge in [0.05, 0.1) is 12.1 Å². The number of carboxylic acids is 1. The summed E-state index contributed by atoms with van der Waals surface area (Å²) in [6.07, 6.45) is 6.02. The number of aliphatic carboxylic acids is 1. The number of pyridine rings is 1. The van der Waals surface area contributed by atoms with Gasteiger partial charge in [-0.3, -0.25) is 9.78 Å². The lowest BCUT2D eigenvalue weighted by Crippen LogP contribution is -2.00. The largest absolute Gasteiger partial charge is 0.487 e. The molecule has 0 radical (unpaired) electrons. The van der Waals surface area contributed by atoms with Crippen LogP contribution in [0.2, 0.25) is 0 Å². The van der Waals surface area contributed by atoms with Crippen LogP contribution in [-0.2, 0) is 11.4 Å². The molecule has 0 amide bonds. The van der Waals surface area contributed by atoms with Crippen molar-refractivity contribution in [3.05, 3.63) is 95.1 Å². The Balaban J connectivity index is 1.30. The van der Waals surface area contributed by atoms with Crippen LogP contribution in [-0.4, -0.2) is 26.0 Å². The monoisotopic (exact) mass is 465 g/mol. The van der Waals surface area contributed by atoms with E-state index in [1.54, 1.807) is 6.20 Å². The summed E-state index contributed by atoms with van der Waals surface area (Å²) in [5.74, 6) is 0.369. The number of rotatable bonds is 7. The highest BCUT2D eigenvalue weighted by molar-refractivity contribution is 5.76. The zero-order chi connectivity index (χ0) is 24.5. The van der Waals surface area contributed by atoms with Crippen molar-refractivity contribution in [2.75, 3.05) is 0 Å².